The zero-order chi connectivity index (χ0) is 31.9. The molecule has 0 bridgehead atoms. The monoisotopic (exact) mass is 612 g/mol. The van der Waals surface area contributed by atoms with Gasteiger partial charge in [-0.05, 0) is 67.2 Å². The third-order valence-electron chi connectivity index (χ3n) is 7.44. The molecule has 2 N–H and O–H groups in total. The number of rotatable bonds is 10. The van der Waals surface area contributed by atoms with Crippen molar-refractivity contribution in [3.63, 3.8) is 0 Å². The Bertz CT molecular complexity index is 1810. The Morgan fingerprint density at radius 3 is 2.51 bits per heavy atom. The first kappa shape index (κ1) is 31.2. The molecule has 1 aliphatic heterocycles. The summed E-state index contributed by atoms with van der Waals surface area (Å²) in [5, 5.41) is 14.5. The van der Waals surface area contributed by atoms with Crippen LogP contribution < -0.4 is 21.1 Å². The predicted octanol–water partition coefficient (Wildman–Crippen LogP) is 3.53. The molecular weight excluding hydrogens is 582 g/mol. The lowest BCUT2D eigenvalue weighted by molar-refractivity contribution is -0.118. The van der Waals surface area contributed by atoms with Crippen molar-refractivity contribution < 1.29 is 23.1 Å². The van der Waals surface area contributed by atoms with Crippen LogP contribution in [-0.2, 0) is 16.1 Å². The molecule has 1 atom stereocenters. The second kappa shape index (κ2) is 14.0. The number of likely N-dealkylation sites (N-methyl/N-ethyl adjacent to an activating group) is 1. The number of hydrogen-bond acceptors (Lipinski definition) is 8. The molecule has 45 heavy (non-hydrogen) atoms. The average Bonchev–Trinajstić information content (AvgIpc) is 3.07. The zero-order valence-electron chi connectivity index (χ0n) is 24.4. The molecule has 230 valence electrons. The first-order valence-corrected chi connectivity index (χ1v) is 14.2. The van der Waals surface area contributed by atoms with E-state index in [1.165, 1.54) is 42.1 Å². The number of ketones is 1. The van der Waals surface area contributed by atoms with Gasteiger partial charge < -0.3 is 20.3 Å². The Labute approximate surface area is 257 Å². The van der Waals surface area contributed by atoms with Gasteiger partial charge in [-0.1, -0.05) is 12.1 Å². The molecule has 4 aromatic rings. The number of nitriles is 1. The van der Waals surface area contributed by atoms with E-state index in [-0.39, 0.29) is 23.8 Å². The van der Waals surface area contributed by atoms with Crippen LogP contribution in [0.4, 0.5) is 20.2 Å². The topological polar surface area (TPSA) is 129 Å². The highest BCUT2D eigenvalue weighted by molar-refractivity contribution is 6.09. The van der Waals surface area contributed by atoms with Crippen molar-refractivity contribution in [1.82, 2.24) is 14.9 Å². The molecule has 1 unspecified atom stereocenters. The van der Waals surface area contributed by atoms with E-state index in [9.17, 15) is 28.4 Å². The van der Waals surface area contributed by atoms with Gasteiger partial charge in [0, 0.05) is 35.5 Å². The SMILES string of the molecule is CNC(CF)C(=O)Nc1cnc(-c2cccc(C#N)c2)n(Cc2cc(C(=O)c3ccc(F)cc3)cc(N3CCOCC3)c2)c1=O. The molecule has 0 aliphatic carbocycles. The number of ether oxygens (including phenoxy) is 1. The van der Waals surface area contributed by atoms with E-state index in [0.717, 1.165) is 5.69 Å². The van der Waals surface area contributed by atoms with E-state index in [1.54, 1.807) is 36.4 Å². The smallest absolute Gasteiger partial charge is 0.277 e. The van der Waals surface area contributed by atoms with Gasteiger partial charge in [0.05, 0.1) is 37.6 Å². The van der Waals surface area contributed by atoms with Crippen molar-refractivity contribution in [3.05, 3.63) is 111 Å². The second-order valence-electron chi connectivity index (χ2n) is 10.4. The number of nitrogens with one attached hydrogen (secondary N) is 2. The number of nitrogens with zero attached hydrogens (tertiary/aromatic N) is 4. The van der Waals surface area contributed by atoms with E-state index >= 15 is 0 Å². The molecule has 1 fully saturated rings. The molecule has 0 saturated carbocycles. The Balaban J connectivity index is 1.63. The summed E-state index contributed by atoms with van der Waals surface area (Å²) < 4.78 is 33.8. The number of amides is 1. The van der Waals surface area contributed by atoms with E-state index in [0.29, 0.717) is 54.1 Å². The molecule has 1 saturated heterocycles. The lowest BCUT2D eigenvalue weighted by Gasteiger charge is -2.29. The molecule has 0 spiro atoms. The largest absolute Gasteiger partial charge is 0.378 e. The lowest BCUT2D eigenvalue weighted by atomic mass is 9.99. The van der Waals surface area contributed by atoms with Crippen LogP contribution in [-0.4, -0.2) is 67.3 Å². The summed E-state index contributed by atoms with van der Waals surface area (Å²) in [6.45, 7) is 1.13. The third-order valence-corrected chi connectivity index (χ3v) is 7.44. The number of carbonyl (C=O) groups is 2. The fourth-order valence-electron chi connectivity index (χ4n) is 5.03. The molecule has 3 aromatic carbocycles. The minimum absolute atomic E-state index is 0.0674. The summed E-state index contributed by atoms with van der Waals surface area (Å²) in [6, 6.07) is 18.0. The van der Waals surface area contributed by atoms with Gasteiger partial charge in [0.25, 0.3) is 5.56 Å². The number of anilines is 2. The number of benzene rings is 3. The van der Waals surface area contributed by atoms with Gasteiger partial charge in [-0.2, -0.15) is 5.26 Å². The Morgan fingerprint density at radius 2 is 1.82 bits per heavy atom. The summed E-state index contributed by atoms with van der Waals surface area (Å²) in [5.74, 6) is -1.32. The molecule has 5 rings (SSSR count). The summed E-state index contributed by atoms with van der Waals surface area (Å²) in [5.41, 5.74) is 1.99. The molecule has 12 heteroatoms. The number of carbonyl (C=O) groups excluding carboxylic acids is 2. The number of hydrogen-bond donors (Lipinski definition) is 2. The van der Waals surface area contributed by atoms with Gasteiger partial charge in [0.2, 0.25) is 5.91 Å². The van der Waals surface area contributed by atoms with E-state index in [4.69, 9.17) is 4.74 Å². The maximum atomic E-state index is 13.9. The molecule has 1 amide bonds. The lowest BCUT2D eigenvalue weighted by Crippen LogP contribution is -2.41. The quantitative estimate of drug-likeness (QED) is 0.260. The summed E-state index contributed by atoms with van der Waals surface area (Å²) in [6.07, 6.45) is 1.20. The number of alkyl halides is 1. The summed E-state index contributed by atoms with van der Waals surface area (Å²) in [7, 11) is 1.43. The van der Waals surface area contributed by atoms with Gasteiger partial charge in [0.15, 0.2) is 5.78 Å². The number of aromatic nitrogens is 2. The van der Waals surface area contributed by atoms with Crippen LogP contribution in [0.1, 0.15) is 27.0 Å². The fourth-order valence-corrected chi connectivity index (χ4v) is 5.03. The third kappa shape index (κ3) is 7.12. The van der Waals surface area contributed by atoms with Crippen molar-refractivity contribution in [3.8, 4) is 17.5 Å². The van der Waals surface area contributed by atoms with Gasteiger partial charge in [-0.25, -0.2) is 13.8 Å². The Morgan fingerprint density at radius 1 is 1.07 bits per heavy atom. The molecule has 2 heterocycles. The Kier molecular flexibility index (Phi) is 9.72. The van der Waals surface area contributed by atoms with Gasteiger partial charge >= 0.3 is 0 Å². The molecule has 1 aliphatic rings. The minimum atomic E-state index is -1.17. The Hall–Kier alpha value is -5.25. The predicted molar refractivity (Wildman–Crippen MR) is 165 cm³/mol. The first-order valence-electron chi connectivity index (χ1n) is 14.2. The average molecular weight is 613 g/mol. The maximum absolute atomic E-state index is 13.9. The van der Waals surface area contributed by atoms with Gasteiger partial charge in [0.1, 0.15) is 30.0 Å². The van der Waals surface area contributed by atoms with Crippen LogP contribution >= 0.6 is 0 Å². The van der Waals surface area contributed by atoms with Gasteiger partial charge in [-0.3, -0.25) is 19.0 Å². The summed E-state index contributed by atoms with van der Waals surface area (Å²) in [4.78, 5) is 46.6. The van der Waals surface area contributed by atoms with Crippen molar-refractivity contribution in [2.24, 2.45) is 0 Å². The highest BCUT2D eigenvalue weighted by Gasteiger charge is 2.22. The number of morpholine rings is 1. The highest BCUT2D eigenvalue weighted by atomic mass is 19.1. The van der Waals surface area contributed by atoms with Crippen molar-refractivity contribution in [1.29, 1.82) is 5.26 Å². The summed E-state index contributed by atoms with van der Waals surface area (Å²) >= 11 is 0. The van der Waals surface area contributed by atoms with Gasteiger partial charge in [-0.15, -0.1) is 0 Å². The maximum Gasteiger partial charge on any atom is 0.277 e. The zero-order valence-corrected chi connectivity index (χ0v) is 24.4. The highest BCUT2D eigenvalue weighted by Crippen LogP contribution is 2.25. The van der Waals surface area contributed by atoms with Crippen LogP contribution in [0.25, 0.3) is 11.4 Å². The van der Waals surface area contributed by atoms with E-state index in [1.807, 2.05) is 6.07 Å². The van der Waals surface area contributed by atoms with Crippen LogP contribution in [0.5, 0.6) is 0 Å². The number of halogens is 2. The normalized spacial score (nSPS) is 13.6. The van der Waals surface area contributed by atoms with Crippen LogP contribution in [0.3, 0.4) is 0 Å². The van der Waals surface area contributed by atoms with E-state index in [2.05, 4.69) is 26.6 Å². The second-order valence-corrected chi connectivity index (χ2v) is 10.4. The van der Waals surface area contributed by atoms with Crippen molar-refractivity contribution in [2.45, 2.75) is 12.6 Å². The minimum Gasteiger partial charge on any atom is -0.378 e. The molecule has 0 radical (unpaired) electrons. The standard InChI is InChI=1S/C33H30F2N6O4/c1-37-28(17-34)32(43)39-29-19-38-31(24-4-2-3-21(13-24)18-36)41(33(29)44)20-22-14-25(30(42)23-5-7-26(35)8-6-23)16-27(15-22)40-9-11-45-12-10-40/h2-8,13-16,19,28,37H,9-12,17,20H2,1H3,(H,39,43). The van der Waals surface area contributed by atoms with Crippen LogP contribution in [0, 0.1) is 17.1 Å². The first-order chi connectivity index (χ1) is 21.8. The van der Waals surface area contributed by atoms with Crippen LogP contribution in [0.2, 0.25) is 0 Å². The van der Waals surface area contributed by atoms with E-state index < -0.39 is 30.0 Å². The van der Waals surface area contributed by atoms with Crippen molar-refractivity contribution >= 4 is 23.1 Å². The van der Waals surface area contributed by atoms with Crippen LogP contribution in [0.15, 0.2) is 77.7 Å². The van der Waals surface area contributed by atoms with Crippen molar-refractivity contribution in [2.75, 3.05) is 50.2 Å². The molecule has 10 nitrogen and oxygen atoms in total. The molecular formula is C33H30F2N6O4. The molecule has 1 aromatic heterocycles. The fraction of sp³-hybridized carbons (Fsp3) is 0.242.